The SMILES string of the molecule is C[C@@H](c1nc2ccccc2n1C)C(O)(c1ccccc1)c1ccccc1. The number of aliphatic hydroxyl groups is 1. The lowest BCUT2D eigenvalue weighted by Gasteiger charge is -2.35. The van der Waals surface area contributed by atoms with Crippen LogP contribution in [0.1, 0.15) is 29.8 Å². The van der Waals surface area contributed by atoms with Crippen molar-refractivity contribution in [3.05, 3.63) is 102 Å². The van der Waals surface area contributed by atoms with Crippen molar-refractivity contribution in [1.29, 1.82) is 0 Å². The van der Waals surface area contributed by atoms with Gasteiger partial charge in [0.15, 0.2) is 0 Å². The lowest BCUT2D eigenvalue weighted by atomic mass is 9.76. The molecule has 1 aromatic heterocycles. The van der Waals surface area contributed by atoms with Crippen LogP contribution in [0.3, 0.4) is 0 Å². The predicted molar refractivity (Wildman–Crippen MR) is 105 cm³/mol. The summed E-state index contributed by atoms with van der Waals surface area (Å²) in [6.45, 7) is 2.04. The van der Waals surface area contributed by atoms with Crippen molar-refractivity contribution in [1.82, 2.24) is 9.55 Å². The molecule has 0 amide bonds. The molecule has 0 aliphatic carbocycles. The smallest absolute Gasteiger partial charge is 0.124 e. The molecule has 0 bridgehead atoms. The molecule has 3 heteroatoms. The van der Waals surface area contributed by atoms with E-state index in [-0.39, 0.29) is 5.92 Å². The minimum Gasteiger partial charge on any atom is -0.380 e. The first-order valence-electron chi connectivity index (χ1n) is 8.87. The molecular weight excluding hydrogens is 320 g/mol. The topological polar surface area (TPSA) is 38.0 Å². The van der Waals surface area contributed by atoms with E-state index in [2.05, 4.69) is 10.6 Å². The molecule has 1 atom stereocenters. The van der Waals surface area contributed by atoms with Crippen LogP contribution in [0.2, 0.25) is 0 Å². The highest BCUT2D eigenvalue weighted by molar-refractivity contribution is 5.76. The second-order valence-electron chi connectivity index (χ2n) is 6.74. The van der Waals surface area contributed by atoms with Gasteiger partial charge in [0.1, 0.15) is 11.4 Å². The summed E-state index contributed by atoms with van der Waals surface area (Å²) in [6, 6.07) is 27.8. The third-order valence-corrected chi connectivity index (χ3v) is 5.26. The van der Waals surface area contributed by atoms with Gasteiger partial charge in [-0.05, 0) is 23.3 Å². The quantitative estimate of drug-likeness (QED) is 0.588. The van der Waals surface area contributed by atoms with Crippen molar-refractivity contribution < 1.29 is 5.11 Å². The van der Waals surface area contributed by atoms with Gasteiger partial charge in [-0.2, -0.15) is 0 Å². The zero-order valence-corrected chi connectivity index (χ0v) is 15.0. The largest absolute Gasteiger partial charge is 0.380 e. The Morgan fingerprint density at radius 1 is 0.808 bits per heavy atom. The number of aryl methyl sites for hydroxylation is 1. The van der Waals surface area contributed by atoms with Crippen LogP contribution in [0, 0.1) is 0 Å². The molecule has 0 aliphatic rings. The van der Waals surface area contributed by atoms with Crippen LogP contribution < -0.4 is 0 Å². The fourth-order valence-electron chi connectivity index (χ4n) is 3.79. The van der Waals surface area contributed by atoms with Crippen molar-refractivity contribution in [2.24, 2.45) is 7.05 Å². The van der Waals surface area contributed by atoms with Gasteiger partial charge in [0, 0.05) is 7.05 Å². The number of nitrogens with zero attached hydrogens (tertiary/aromatic N) is 2. The van der Waals surface area contributed by atoms with Crippen LogP contribution >= 0.6 is 0 Å². The first kappa shape index (κ1) is 16.6. The highest BCUT2D eigenvalue weighted by Gasteiger charge is 2.40. The average molecular weight is 342 g/mol. The first-order valence-corrected chi connectivity index (χ1v) is 8.87. The lowest BCUT2D eigenvalue weighted by Crippen LogP contribution is -2.34. The van der Waals surface area contributed by atoms with Gasteiger partial charge in [0.25, 0.3) is 0 Å². The normalized spacial score (nSPS) is 13.0. The fourth-order valence-corrected chi connectivity index (χ4v) is 3.79. The highest BCUT2D eigenvalue weighted by atomic mass is 16.3. The molecule has 0 unspecified atom stereocenters. The summed E-state index contributed by atoms with van der Waals surface area (Å²) in [5, 5.41) is 12.0. The molecule has 1 heterocycles. The summed E-state index contributed by atoms with van der Waals surface area (Å²) in [4.78, 5) is 4.83. The average Bonchev–Trinajstić information content (AvgIpc) is 3.05. The van der Waals surface area contributed by atoms with Crippen molar-refractivity contribution in [3.8, 4) is 0 Å². The molecule has 26 heavy (non-hydrogen) atoms. The van der Waals surface area contributed by atoms with E-state index in [0.29, 0.717) is 0 Å². The molecule has 0 radical (unpaired) electrons. The van der Waals surface area contributed by atoms with Crippen molar-refractivity contribution in [2.45, 2.75) is 18.4 Å². The van der Waals surface area contributed by atoms with Crippen LogP contribution in [0.4, 0.5) is 0 Å². The van der Waals surface area contributed by atoms with E-state index in [4.69, 9.17) is 4.98 Å². The van der Waals surface area contributed by atoms with E-state index in [1.165, 1.54) is 0 Å². The van der Waals surface area contributed by atoms with E-state index in [1.807, 2.05) is 92.8 Å². The summed E-state index contributed by atoms with van der Waals surface area (Å²) < 4.78 is 2.08. The Morgan fingerprint density at radius 2 is 1.31 bits per heavy atom. The number of hydrogen-bond donors (Lipinski definition) is 1. The first-order chi connectivity index (χ1) is 12.6. The van der Waals surface area contributed by atoms with Crippen LogP contribution in [0.25, 0.3) is 11.0 Å². The van der Waals surface area contributed by atoms with Gasteiger partial charge >= 0.3 is 0 Å². The molecular formula is C23H22N2O. The van der Waals surface area contributed by atoms with Crippen LogP contribution in [-0.4, -0.2) is 14.7 Å². The molecule has 3 aromatic carbocycles. The maximum atomic E-state index is 12.0. The molecule has 0 aliphatic heterocycles. The fraction of sp³-hybridized carbons (Fsp3) is 0.174. The van der Waals surface area contributed by atoms with E-state index in [1.54, 1.807) is 0 Å². The summed E-state index contributed by atoms with van der Waals surface area (Å²) in [5.41, 5.74) is 2.58. The minimum absolute atomic E-state index is 0.232. The molecule has 1 N–H and O–H groups in total. The van der Waals surface area contributed by atoms with Gasteiger partial charge in [-0.1, -0.05) is 79.7 Å². The predicted octanol–water partition coefficient (Wildman–Crippen LogP) is 4.61. The van der Waals surface area contributed by atoms with Crippen LogP contribution in [0.15, 0.2) is 84.9 Å². The number of imidazole rings is 1. The number of fused-ring (bicyclic) bond motifs is 1. The Hall–Kier alpha value is -2.91. The monoisotopic (exact) mass is 342 g/mol. The second-order valence-corrected chi connectivity index (χ2v) is 6.74. The molecule has 0 saturated heterocycles. The third-order valence-electron chi connectivity index (χ3n) is 5.26. The summed E-state index contributed by atoms with van der Waals surface area (Å²) >= 11 is 0. The van der Waals surface area contributed by atoms with E-state index < -0.39 is 5.60 Å². The number of hydrogen-bond acceptors (Lipinski definition) is 2. The molecule has 130 valence electrons. The molecule has 3 nitrogen and oxygen atoms in total. The van der Waals surface area contributed by atoms with Gasteiger partial charge in [0.2, 0.25) is 0 Å². The second kappa shape index (κ2) is 6.43. The van der Waals surface area contributed by atoms with Crippen molar-refractivity contribution >= 4 is 11.0 Å². The standard InChI is InChI=1S/C23H22N2O/c1-17(22-24-20-15-9-10-16-21(20)25(22)2)23(26,18-11-5-3-6-12-18)19-13-7-4-8-14-19/h3-17,26H,1-2H3/t17-/m0/s1. The molecule has 4 aromatic rings. The maximum Gasteiger partial charge on any atom is 0.124 e. The number of rotatable bonds is 4. The van der Waals surface area contributed by atoms with E-state index in [0.717, 1.165) is 28.0 Å². The number of aromatic nitrogens is 2. The summed E-state index contributed by atoms with van der Waals surface area (Å²) in [6.07, 6.45) is 0. The number of benzene rings is 3. The van der Waals surface area contributed by atoms with E-state index >= 15 is 0 Å². The zero-order valence-electron chi connectivity index (χ0n) is 15.0. The highest BCUT2D eigenvalue weighted by Crippen LogP contribution is 2.42. The molecule has 0 fully saturated rings. The van der Waals surface area contributed by atoms with Gasteiger partial charge in [0.05, 0.1) is 17.0 Å². The van der Waals surface area contributed by atoms with Gasteiger partial charge in [-0.25, -0.2) is 4.98 Å². The van der Waals surface area contributed by atoms with Crippen molar-refractivity contribution in [2.75, 3.05) is 0 Å². The Bertz CT molecular complexity index is 982. The zero-order chi connectivity index (χ0) is 18.1. The third kappa shape index (κ3) is 2.52. The Labute approximate surface area is 153 Å². The molecule has 0 spiro atoms. The van der Waals surface area contributed by atoms with Gasteiger partial charge in [-0.15, -0.1) is 0 Å². The Kier molecular flexibility index (Phi) is 4.09. The Morgan fingerprint density at radius 3 is 1.85 bits per heavy atom. The number of para-hydroxylation sites is 2. The van der Waals surface area contributed by atoms with E-state index in [9.17, 15) is 5.11 Å². The Balaban J connectivity index is 1.93. The van der Waals surface area contributed by atoms with Gasteiger partial charge in [-0.3, -0.25) is 0 Å². The van der Waals surface area contributed by atoms with Crippen LogP contribution in [-0.2, 0) is 12.6 Å². The summed E-state index contributed by atoms with van der Waals surface area (Å²) in [5.74, 6) is 0.631. The van der Waals surface area contributed by atoms with Crippen molar-refractivity contribution in [3.63, 3.8) is 0 Å². The molecule has 4 rings (SSSR count). The summed E-state index contributed by atoms with van der Waals surface area (Å²) in [7, 11) is 2.01. The maximum absolute atomic E-state index is 12.0. The minimum atomic E-state index is -1.17. The molecule has 0 saturated carbocycles. The van der Waals surface area contributed by atoms with Gasteiger partial charge < -0.3 is 9.67 Å². The van der Waals surface area contributed by atoms with Crippen LogP contribution in [0.5, 0.6) is 0 Å². The lowest BCUT2D eigenvalue weighted by molar-refractivity contribution is 0.0518.